The highest BCUT2D eigenvalue weighted by Gasteiger charge is 1.92. The van der Waals surface area contributed by atoms with Crippen molar-refractivity contribution < 1.29 is 0 Å². The predicted octanol–water partition coefficient (Wildman–Crippen LogP) is 2.68. The smallest absolute Gasteiger partial charge is 0.0970 e. The van der Waals surface area contributed by atoms with E-state index in [2.05, 4.69) is 17.8 Å². The maximum Gasteiger partial charge on any atom is 0.0970 e. The monoisotopic (exact) mass is 154 g/mol. The Balaban J connectivity index is 2.75. The average Bonchev–Trinajstić information content (AvgIpc) is 2.17. The molecule has 0 aliphatic carbocycles. The molecule has 1 heterocycles. The number of hydrogen-bond donors (Lipinski definition) is 0. The van der Waals surface area contributed by atoms with E-state index >= 15 is 0 Å². The van der Waals surface area contributed by atoms with Crippen LogP contribution in [0, 0.1) is 6.20 Å². The summed E-state index contributed by atoms with van der Waals surface area (Å²) >= 11 is 0. The van der Waals surface area contributed by atoms with E-state index in [9.17, 15) is 0 Å². The van der Waals surface area contributed by atoms with Gasteiger partial charge in [-0.25, -0.2) is 0 Å². The summed E-state index contributed by atoms with van der Waals surface area (Å²) in [5.74, 6) is 0. The number of hydrogen-bond acceptors (Lipinski definition) is 1. The van der Waals surface area contributed by atoms with Crippen molar-refractivity contribution in [2.24, 2.45) is 0 Å². The van der Waals surface area contributed by atoms with Crippen LogP contribution in [0.15, 0.2) is 37.0 Å². The Morgan fingerprint density at radius 2 is 2.25 bits per heavy atom. The van der Waals surface area contributed by atoms with Crippen LogP contribution in [0.4, 0.5) is 0 Å². The van der Waals surface area contributed by atoms with E-state index in [-0.39, 0.29) is 0 Å². The third-order valence-corrected chi connectivity index (χ3v) is 1.83. The van der Waals surface area contributed by atoms with Crippen LogP contribution >= 0.6 is 0 Å². The maximum absolute atomic E-state index is 3.93. The molecule has 0 amide bonds. The lowest BCUT2D eigenvalue weighted by atomic mass is 10.1. The molecule has 1 heteroatoms. The van der Waals surface area contributed by atoms with Gasteiger partial charge in [-0.2, -0.15) is 0 Å². The Kier molecular flexibility index (Phi) is 1.63. The van der Waals surface area contributed by atoms with E-state index in [1.54, 1.807) is 6.20 Å². The summed E-state index contributed by atoms with van der Waals surface area (Å²) in [4.78, 5) is 3.93. The van der Waals surface area contributed by atoms with Crippen molar-refractivity contribution in [2.45, 2.75) is 0 Å². The summed E-state index contributed by atoms with van der Waals surface area (Å²) in [6.45, 7) is 3.70. The predicted molar refractivity (Wildman–Crippen MR) is 50.7 cm³/mol. The molecule has 2 rings (SSSR count). The fraction of sp³-hybridized carbons (Fsp3) is 0. The number of aromatic nitrogens is 1. The van der Waals surface area contributed by atoms with Gasteiger partial charge >= 0.3 is 0 Å². The minimum Gasteiger partial charge on any atom is -0.254 e. The summed E-state index contributed by atoms with van der Waals surface area (Å²) in [7, 11) is 0. The molecule has 0 spiro atoms. The Labute approximate surface area is 71.4 Å². The zero-order valence-electron chi connectivity index (χ0n) is 6.62. The normalized spacial score (nSPS) is 10.0. The SMILES string of the molecule is C=Cc1ccc2ccn[c]c2c1. The van der Waals surface area contributed by atoms with Crippen LogP contribution in [0.2, 0.25) is 0 Å². The van der Waals surface area contributed by atoms with Gasteiger partial charge in [-0.3, -0.25) is 4.98 Å². The molecule has 2 aromatic rings. The molecule has 1 aromatic carbocycles. The second kappa shape index (κ2) is 2.78. The topological polar surface area (TPSA) is 12.9 Å². The second-order valence-corrected chi connectivity index (χ2v) is 2.61. The van der Waals surface area contributed by atoms with Crippen molar-refractivity contribution in [1.82, 2.24) is 4.98 Å². The van der Waals surface area contributed by atoms with Gasteiger partial charge in [-0.1, -0.05) is 24.8 Å². The van der Waals surface area contributed by atoms with E-state index in [1.807, 2.05) is 30.3 Å². The zero-order valence-corrected chi connectivity index (χ0v) is 6.62. The molecule has 1 aromatic heterocycles. The van der Waals surface area contributed by atoms with Crippen molar-refractivity contribution in [2.75, 3.05) is 0 Å². The number of fused-ring (bicyclic) bond motifs is 1. The summed E-state index contributed by atoms with van der Waals surface area (Å²) < 4.78 is 0. The number of rotatable bonds is 1. The highest BCUT2D eigenvalue weighted by molar-refractivity contribution is 5.83. The summed E-state index contributed by atoms with van der Waals surface area (Å²) in [5.41, 5.74) is 1.10. The lowest BCUT2D eigenvalue weighted by Crippen LogP contribution is -1.76. The van der Waals surface area contributed by atoms with Gasteiger partial charge in [0, 0.05) is 11.6 Å². The number of benzene rings is 1. The Bertz CT molecular complexity index is 418. The van der Waals surface area contributed by atoms with Crippen molar-refractivity contribution in [1.29, 1.82) is 0 Å². The molecule has 0 unspecified atom stereocenters. The second-order valence-electron chi connectivity index (χ2n) is 2.61. The van der Waals surface area contributed by atoms with Gasteiger partial charge < -0.3 is 0 Å². The first-order valence-corrected chi connectivity index (χ1v) is 3.79. The van der Waals surface area contributed by atoms with Crippen molar-refractivity contribution >= 4 is 16.8 Å². The van der Waals surface area contributed by atoms with Gasteiger partial charge in [0.25, 0.3) is 0 Å². The van der Waals surface area contributed by atoms with Crippen LogP contribution in [0.5, 0.6) is 0 Å². The van der Waals surface area contributed by atoms with Crippen LogP contribution in [-0.2, 0) is 0 Å². The third kappa shape index (κ3) is 1.10. The first-order chi connectivity index (χ1) is 5.90. The fourth-order valence-corrected chi connectivity index (χ4v) is 1.17. The minimum atomic E-state index is 1.04. The third-order valence-electron chi connectivity index (χ3n) is 1.83. The highest BCUT2D eigenvalue weighted by atomic mass is 14.6. The van der Waals surface area contributed by atoms with Crippen molar-refractivity contribution in [3.8, 4) is 0 Å². The molecule has 1 radical (unpaired) electrons. The van der Waals surface area contributed by atoms with Crippen LogP contribution in [-0.4, -0.2) is 4.98 Å². The quantitative estimate of drug-likeness (QED) is 0.615. The van der Waals surface area contributed by atoms with E-state index in [0.29, 0.717) is 0 Å². The van der Waals surface area contributed by atoms with E-state index in [0.717, 1.165) is 16.3 Å². The van der Waals surface area contributed by atoms with Crippen LogP contribution < -0.4 is 0 Å². The molecular formula is C11H8N. The van der Waals surface area contributed by atoms with Gasteiger partial charge in [0.05, 0.1) is 6.20 Å². The Hall–Kier alpha value is -1.63. The van der Waals surface area contributed by atoms with E-state index in [1.165, 1.54) is 0 Å². The van der Waals surface area contributed by atoms with Crippen LogP contribution in [0.25, 0.3) is 16.8 Å². The molecule has 0 saturated heterocycles. The molecule has 1 nitrogen and oxygen atoms in total. The van der Waals surface area contributed by atoms with Gasteiger partial charge in [0.2, 0.25) is 0 Å². The molecule has 0 atom stereocenters. The molecule has 57 valence electrons. The summed E-state index contributed by atoms with van der Waals surface area (Å²) in [6.07, 6.45) is 6.49. The number of pyridine rings is 1. The van der Waals surface area contributed by atoms with Crippen LogP contribution in [0.3, 0.4) is 0 Å². The Morgan fingerprint density at radius 3 is 3.08 bits per heavy atom. The highest BCUT2D eigenvalue weighted by Crippen LogP contribution is 2.14. The molecule has 0 N–H and O–H groups in total. The van der Waals surface area contributed by atoms with E-state index in [4.69, 9.17) is 0 Å². The minimum absolute atomic E-state index is 1.04. The fourth-order valence-electron chi connectivity index (χ4n) is 1.17. The lowest BCUT2D eigenvalue weighted by molar-refractivity contribution is 1.35. The first-order valence-electron chi connectivity index (χ1n) is 3.79. The van der Waals surface area contributed by atoms with Crippen molar-refractivity contribution in [3.05, 3.63) is 48.8 Å². The molecule has 0 aliphatic rings. The molecule has 0 bridgehead atoms. The summed E-state index contributed by atoms with van der Waals surface area (Å²) in [5, 5.41) is 2.20. The van der Waals surface area contributed by atoms with Crippen molar-refractivity contribution in [3.63, 3.8) is 0 Å². The maximum atomic E-state index is 3.93. The molecule has 0 saturated carbocycles. The van der Waals surface area contributed by atoms with Gasteiger partial charge in [-0.15, -0.1) is 0 Å². The van der Waals surface area contributed by atoms with E-state index < -0.39 is 0 Å². The first kappa shape index (κ1) is 7.04. The van der Waals surface area contributed by atoms with Crippen LogP contribution in [0.1, 0.15) is 5.56 Å². The number of nitrogens with zero attached hydrogens (tertiary/aromatic N) is 1. The molecule has 12 heavy (non-hydrogen) atoms. The van der Waals surface area contributed by atoms with Gasteiger partial charge in [0.1, 0.15) is 0 Å². The summed E-state index contributed by atoms with van der Waals surface area (Å²) in [6, 6.07) is 8.07. The van der Waals surface area contributed by atoms with Gasteiger partial charge in [-0.05, 0) is 23.1 Å². The largest absolute Gasteiger partial charge is 0.254 e. The Morgan fingerprint density at radius 1 is 1.33 bits per heavy atom. The zero-order chi connectivity index (χ0) is 8.39. The lowest BCUT2D eigenvalue weighted by Gasteiger charge is -1.96. The molecular weight excluding hydrogens is 146 g/mol. The molecule has 0 aliphatic heterocycles. The van der Waals surface area contributed by atoms with Gasteiger partial charge in [0.15, 0.2) is 0 Å². The standard InChI is InChI=1S/C11H8N/c1-2-9-3-4-10-5-6-12-8-11(10)7-9/h2-7H,1H2. The molecule has 0 fully saturated rings. The average molecular weight is 154 g/mol.